The van der Waals surface area contributed by atoms with Crippen LogP contribution in [0.2, 0.25) is 0 Å². The molecule has 1 aromatic rings. The van der Waals surface area contributed by atoms with E-state index < -0.39 is 5.97 Å². The third-order valence-corrected chi connectivity index (χ3v) is 2.78. The topological polar surface area (TPSA) is 55.1 Å². The van der Waals surface area contributed by atoms with Crippen LogP contribution in [0.1, 0.15) is 36.5 Å². The van der Waals surface area contributed by atoms with Crippen molar-refractivity contribution < 1.29 is 9.90 Å². The molecule has 1 aromatic heterocycles. The van der Waals surface area contributed by atoms with Crippen LogP contribution in [0.4, 0.5) is 0 Å². The Labute approximate surface area is 91.1 Å². The second-order valence-corrected chi connectivity index (χ2v) is 3.77. The molecule has 0 unspecified atom stereocenters. The van der Waals surface area contributed by atoms with Gasteiger partial charge in [-0.2, -0.15) is 5.10 Å². The third kappa shape index (κ3) is 1.97. The van der Waals surface area contributed by atoms with Crippen LogP contribution in [-0.2, 0) is 13.0 Å². The van der Waals surface area contributed by atoms with Gasteiger partial charge in [0.1, 0.15) is 0 Å². The number of aromatic nitrogens is 2. The number of aryl methyl sites for hydroxylation is 2. The molecule has 0 saturated carbocycles. The van der Waals surface area contributed by atoms with Crippen molar-refractivity contribution >= 4 is 21.9 Å². The molecule has 0 aliphatic carbocycles. The van der Waals surface area contributed by atoms with Crippen molar-refractivity contribution in [3.05, 3.63) is 15.9 Å². The highest BCUT2D eigenvalue weighted by atomic mass is 79.9. The SMILES string of the molecule is CCCc1nn(CC)c(C(=O)O)c1Br. The van der Waals surface area contributed by atoms with Crippen molar-refractivity contribution in [3.63, 3.8) is 0 Å². The molecule has 0 fully saturated rings. The molecule has 0 saturated heterocycles. The number of nitrogens with zero attached hydrogens (tertiary/aromatic N) is 2. The largest absolute Gasteiger partial charge is 0.476 e. The maximum Gasteiger partial charge on any atom is 0.355 e. The molecule has 1 heterocycles. The smallest absolute Gasteiger partial charge is 0.355 e. The third-order valence-electron chi connectivity index (χ3n) is 1.95. The van der Waals surface area contributed by atoms with E-state index in [2.05, 4.69) is 21.0 Å². The normalized spacial score (nSPS) is 10.5. The minimum absolute atomic E-state index is 0.246. The van der Waals surface area contributed by atoms with Crippen LogP contribution in [0, 0.1) is 0 Å². The summed E-state index contributed by atoms with van der Waals surface area (Å²) in [6, 6.07) is 0. The van der Waals surface area contributed by atoms with Gasteiger partial charge in [0.2, 0.25) is 0 Å². The van der Waals surface area contributed by atoms with Gasteiger partial charge >= 0.3 is 5.97 Å². The molecule has 78 valence electrons. The monoisotopic (exact) mass is 260 g/mol. The molecule has 0 atom stereocenters. The summed E-state index contributed by atoms with van der Waals surface area (Å²) in [6.45, 7) is 4.49. The van der Waals surface area contributed by atoms with Crippen LogP contribution in [0.25, 0.3) is 0 Å². The van der Waals surface area contributed by atoms with Gasteiger partial charge in [0.25, 0.3) is 0 Å². The first-order valence-electron chi connectivity index (χ1n) is 4.60. The molecule has 5 heteroatoms. The van der Waals surface area contributed by atoms with E-state index in [1.165, 1.54) is 4.68 Å². The van der Waals surface area contributed by atoms with Gasteiger partial charge in [0, 0.05) is 6.54 Å². The summed E-state index contributed by atoms with van der Waals surface area (Å²) in [5, 5.41) is 13.2. The van der Waals surface area contributed by atoms with E-state index in [1.807, 2.05) is 13.8 Å². The second-order valence-electron chi connectivity index (χ2n) is 2.98. The molecular weight excluding hydrogens is 248 g/mol. The number of carboxylic acids is 1. The fourth-order valence-electron chi connectivity index (χ4n) is 1.32. The van der Waals surface area contributed by atoms with Crippen molar-refractivity contribution in [1.82, 2.24) is 9.78 Å². The molecule has 0 aliphatic rings. The standard InChI is InChI=1S/C9H13BrN2O2/c1-3-5-6-7(10)8(9(13)14)12(4-2)11-6/h3-5H2,1-2H3,(H,13,14). The van der Waals surface area contributed by atoms with Gasteiger partial charge in [0.15, 0.2) is 5.69 Å². The van der Waals surface area contributed by atoms with Crippen LogP contribution in [-0.4, -0.2) is 20.9 Å². The van der Waals surface area contributed by atoms with E-state index in [4.69, 9.17) is 5.11 Å². The van der Waals surface area contributed by atoms with Crippen molar-refractivity contribution in [2.45, 2.75) is 33.2 Å². The maximum absolute atomic E-state index is 10.9. The first-order chi connectivity index (χ1) is 6.61. The Kier molecular flexibility index (Phi) is 3.69. The number of carboxylic acid groups (broad SMARTS) is 1. The lowest BCUT2D eigenvalue weighted by Gasteiger charge is -1.98. The Hall–Kier alpha value is -0.840. The highest BCUT2D eigenvalue weighted by Gasteiger charge is 2.19. The lowest BCUT2D eigenvalue weighted by molar-refractivity contribution is 0.0682. The number of hydrogen-bond donors (Lipinski definition) is 1. The summed E-state index contributed by atoms with van der Waals surface area (Å²) in [7, 11) is 0. The lowest BCUT2D eigenvalue weighted by atomic mass is 10.2. The number of carbonyl (C=O) groups is 1. The molecule has 0 radical (unpaired) electrons. The molecular formula is C9H13BrN2O2. The average Bonchev–Trinajstić information content (AvgIpc) is 2.44. The zero-order chi connectivity index (χ0) is 10.7. The highest BCUT2D eigenvalue weighted by molar-refractivity contribution is 9.10. The molecule has 0 spiro atoms. The van der Waals surface area contributed by atoms with Gasteiger partial charge in [-0.15, -0.1) is 0 Å². The van der Waals surface area contributed by atoms with Gasteiger partial charge in [-0.05, 0) is 29.3 Å². The minimum atomic E-state index is -0.937. The Morgan fingerprint density at radius 3 is 2.57 bits per heavy atom. The van der Waals surface area contributed by atoms with Crippen molar-refractivity contribution in [2.75, 3.05) is 0 Å². The summed E-state index contributed by atoms with van der Waals surface area (Å²) >= 11 is 3.28. The molecule has 0 bridgehead atoms. The fraction of sp³-hybridized carbons (Fsp3) is 0.556. The number of rotatable bonds is 4. The van der Waals surface area contributed by atoms with E-state index in [9.17, 15) is 4.79 Å². The molecule has 1 rings (SSSR count). The van der Waals surface area contributed by atoms with Crippen LogP contribution in [0.5, 0.6) is 0 Å². The second kappa shape index (κ2) is 4.59. The van der Waals surface area contributed by atoms with Crippen molar-refractivity contribution in [2.24, 2.45) is 0 Å². The summed E-state index contributed by atoms with van der Waals surface area (Å²) < 4.78 is 2.13. The number of hydrogen-bond acceptors (Lipinski definition) is 2. The molecule has 0 aromatic carbocycles. The molecule has 1 N–H and O–H groups in total. The van der Waals surface area contributed by atoms with Crippen LogP contribution >= 0.6 is 15.9 Å². The predicted octanol–water partition coefficient (Wildman–Crippen LogP) is 2.32. The molecule has 0 amide bonds. The van der Waals surface area contributed by atoms with Crippen LogP contribution in [0.3, 0.4) is 0 Å². The Morgan fingerprint density at radius 1 is 1.57 bits per heavy atom. The maximum atomic E-state index is 10.9. The van der Waals surface area contributed by atoms with Crippen molar-refractivity contribution in [3.8, 4) is 0 Å². The van der Waals surface area contributed by atoms with Crippen LogP contribution in [0.15, 0.2) is 4.47 Å². The quantitative estimate of drug-likeness (QED) is 0.904. The van der Waals surface area contributed by atoms with Gasteiger partial charge in [-0.1, -0.05) is 13.3 Å². The first-order valence-corrected chi connectivity index (χ1v) is 5.39. The zero-order valence-corrected chi connectivity index (χ0v) is 9.84. The van der Waals surface area contributed by atoms with Gasteiger partial charge in [-0.3, -0.25) is 4.68 Å². The van der Waals surface area contributed by atoms with Crippen molar-refractivity contribution in [1.29, 1.82) is 0 Å². The Bertz CT molecular complexity index is 347. The average molecular weight is 261 g/mol. The van der Waals surface area contributed by atoms with E-state index in [0.717, 1.165) is 18.5 Å². The summed E-state index contributed by atoms with van der Waals surface area (Å²) in [5.41, 5.74) is 1.07. The highest BCUT2D eigenvalue weighted by Crippen LogP contribution is 2.22. The summed E-state index contributed by atoms with van der Waals surface area (Å²) in [6.07, 6.45) is 1.76. The summed E-state index contributed by atoms with van der Waals surface area (Å²) in [5.74, 6) is -0.937. The van der Waals surface area contributed by atoms with E-state index >= 15 is 0 Å². The zero-order valence-electron chi connectivity index (χ0n) is 8.25. The number of halogens is 1. The predicted molar refractivity (Wildman–Crippen MR) is 56.6 cm³/mol. The Balaban J connectivity index is 3.18. The van der Waals surface area contributed by atoms with Crippen LogP contribution < -0.4 is 0 Å². The summed E-state index contributed by atoms with van der Waals surface area (Å²) in [4.78, 5) is 10.9. The molecule has 14 heavy (non-hydrogen) atoms. The first kappa shape index (κ1) is 11.2. The molecule has 4 nitrogen and oxygen atoms in total. The molecule has 0 aliphatic heterocycles. The van der Waals surface area contributed by atoms with Gasteiger partial charge in [0.05, 0.1) is 10.2 Å². The van der Waals surface area contributed by atoms with E-state index in [1.54, 1.807) is 0 Å². The van der Waals surface area contributed by atoms with Gasteiger partial charge in [-0.25, -0.2) is 4.79 Å². The van der Waals surface area contributed by atoms with E-state index in [-0.39, 0.29) is 5.69 Å². The number of aromatic carboxylic acids is 1. The van der Waals surface area contributed by atoms with Gasteiger partial charge < -0.3 is 5.11 Å². The lowest BCUT2D eigenvalue weighted by Crippen LogP contribution is -2.08. The fourth-order valence-corrected chi connectivity index (χ4v) is 1.97. The Morgan fingerprint density at radius 2 is 2.21 bits per heavy atom. The van der Waals surface area contributed by atoms with E-state index in [0.29, 0.717) is 11.0 Å². The minimum Gasteiger partial charge on any atom is -0.476 e.